The molecule has 1 atom stereocenters. The van der Waals surface area contributed by atoms with Crippen LogP contribution in [0.1, 0.15) is 55.9 Å². The van der Waals surface area contributed by atoms with Gasteiger partial charge >= 0.3 is 0 Å². The number of aryl methyl sites for hydroxylation is 1. The second-order valence-electron chi connectivity index (χ2n) is 4.55. The number of unbranched alkanes of at least 4 members (excludes halogenated alkanes) is 2. The van der Waals surface area contributed by atoms with E-state index in [0.29, 0.717) is 5.92 Å². The summed E-state index contributed by atoms with van der Waals surface area (Å²) < 4.78 is 0. The molecule has 0 saturated heterocycles. The Bertz CT molecular complexity index is 280. The first-order valence-electron chi connectivity index (χ1n) is 6.50. The molecule has 1 N–H and O–H groups in total. The Kier molecular flexibility index (Phi) is 6.74. The molecule has 0 aliphatic rings. The average molecular weight is 239 g/mol. The Morgan fingerprint density at radius 1 is 1.38 bits per heavy atom. The average Bonchev–Trinajstić information content (AvgIpc) is 2.74. The monoisotopic (exact) mass is 239 g/mol. The van der Waals surface area contributed by atoms with Crippen molar-refractivity contribution in [3.8, 4) is 0 Å². The molecule has 1 rings (SSSR count). The normalized spacial score (nSPS) is 12.9. The van der Waals surface area contributed by atoms with Gasteiger partial charge in [0.2, 0.25) is 0 Å². The summed E-state index contributed by atoms with van der Waals surface area (Å²) in [5.41, 5.74) is 1.59. The third kappa shape index (κ3) is 4.26. The van der Waals surface area contributed by atoms with Crippen molar-refractivity contribution in [2.75, 3.05) is 13.6 Å². The molecular formula is C14H25NS. The molecule has 1 nitrogen and oxygen atoms in total. The van der Waals surface area contributed by atoms with Crippen molar-refractivity contribution in [2.24, 2.45) is 0 Å². The van der Waals surface area contributed by atoms with Crippen molar-refractivity contribution in [1.82, 2.24) is 5.32 Å². The van der Waals surface area contributed by atoms with Gasteiger partial charge in [-0.05, 0) is 55.8 Å². The molecule has 0 saturated carbocycles. The summed E-state index contributed by atoms with van der Waals surface area (Å²) in [6.07, 6.45) is 6.56. The summed E-state index contributed by atoms with van der Waals surface area (Å²) in [6.45, 7) is 5.74. The Labute approximate surface area is 104 Å². The quantitative estimate of drug-likeness (QED) is 0.671. The highest BCUT2D eigenvalue weighted by molar-refractivity contribution is 7.10. The van der Waals surface area contributed by atoms with Crippen molar-refractivity contribution >= 4 is 11.3 Å². The fourth-order valence-corrected chi connectivity index (χ4v) is 3.09. The van der Waals surface area contributed by atoms with Crippen LogP contribution in [0.5, 0.6) is 0 Å². The van der Waals surface area contributed by atoms with Crippen LogP contribution in [0.4, 0.5) is 0 Å². The second kappa shape index (κ2) is 7.86. The first kappa shape index (κ1) is 13.7. The Balaban J connectivity index is 2.48. The van der Waals surface area contributed by atoms with Crippen LogP contribution in [-0.4, -0.2) is 13.6 Å². The van der Waals surface area contributed by atoms with Crippen molar-refractivity contribution < 1.29 is 0 Å². The number of nitrogens with one attached hydrogen (secondary N) is 1. The van der Waals surface area contributed by atoms with Crippen molar-refractivity contribution in [3.63, 3.8) is 0 Å². The summed E-state index contributed by atoms with van der Waals surface area (Å²) in [6, 6.07) is 2.33. The van der Waals surface area contributed by atoms with E-state index in [9.17, 15) is 0 Å². The smallest absolute Gasteiger partial charge is 0.00799 e. The Morgan fingerprint density at radius 3 is 2.88 bits per heavy atom. The summed E-state index contributed by atoms with van der Waals surface area (Å²) in [5, 5.41) is 5.49. The largest absolute Gasteiger partial charge is 0.320 e. The van der Waals surface area contributed by atoms with Crippen LogP contribution >= 0.6 is 11.3 Å². The molecule has 1 aromatic heterocycles. The fourth-order valence-electron chi connectivity index (χ4n) is 2.04. The Hall–Kier alpha value is -0.340. The topological polar surface area (TPSA) is 12.0 Å². The summed E-state index contributed by atoms with van der Waals surface area (Å²) >= 11 is 1.94. The van der Waals surface area contributed by atoms with E-state index in [2.05, 4.69) is 30.6 Å². The van der Waals surface area contributed by atoms with Gasteiger partial charge in [0.05, 0.1) is 0 Å². The van der Waals surface area contributed by atoms with E-state index < -0.39 is 0 Å². The predicted octanol–water partition coefficient (Wildman–Crippen LogP) is 4.19. The van der Waals surface area contributed by atoms with E-state index in [1.807, 2.05) is 18.4 Å². The molecule has 1 heterocycles. The van der Waals surface area contributed by atoms with Gasteiger partial charge in [-0.1, -0.05) is 26.7 Å². The zero-order valence-corrected chi connectivity index (χ0v) is 11.7. The molecule has 1 unspecified atom stereocenters. The lowest BCUT2D eigenvalue weighted by atomic mass is 9.96. The van der Waals surface area contributed by atoms with Gasteiger partial charge in [0, 0.05) is 4.88 Å². The summed E-state index contributed by atoms with van der Waals surface area (Å²) in [4.78, 5) is 1.62. The standard InChI is InChI=1S/C14H25NS/c1-4-5-6-7-14-13(9-11-16-14)12(2)8-10-15-3/h9,11-12,15H,4-8,10H2,1-3H3. The van der Waals surface area contributed by atoms with Crippen molar-refractivity contribution in [2.45, 2.75) is 51.9 Å². The molecule has 0 spiro atoms. The van der Waals surface area contributed by atoms with Crippen LogP contribution in [-0.2, 0) is 6.42 Å². The van der Waals surface area contributed by atoms with Gasteiger partial charge in [-0.15, -0.1) is 11.3 Å². The minimum absolute atomic E-state index is 0.704. The summed E-state index contributed by atoms with van der Waals surface area (Å²) in [7, 11) is 2.03. The molecule has 0 amide bonds. The lowest BCUT2D eigenvalue weighted by Gasteiger charge is -2.12. The van der Waals surface area contributed by atoms with E-state index in [0.717, 1.165) is 6.54 Å². The van der Waals surface area contributed by atoms with Crippen molar-refractivity contribution in [1.29, 1.82) is 0 Å². The van der Waals surface area contributed by atoms with Gasteiger partial charge in [0.1, 0.15) is 0 Å². The predicted molar refractivity (Wildman–Crippen MR) is 74.5 cm³/mol. The molecule has 92 valence electrons. The van der Waals surface area contributed by atoms with E-state index >= 15 is 0 Å². The number of rotatable bonds is 8. The number of hydrogen-bond acceptors (Lipinski definition) is 2. The maximum atomic E-state index is 3.24. The van der Waals surface area contributed by atoms with E-state index in [4.69, 9.17) is 0 Å². The first-order valence-corrected chi connectivity index (χ1v) is 7.38. The minimum Gasteiger partial charge on any atom is -0.320 e. The molecule has 0 fully saturated rings. The zero-order valence-electron chi connectivity index (χ0n) is 10.9. The van der Waals surface area contributed by atoms with Gasteiger partial charge in [-0.2, -0.15) is 0 Å². The number of hydrogen-bond donors (Lipinski definition) is 1. The molecule has 0 bridgehead atoms. The van der Waals surface area contributed by atoms with Crippen LogP contribution in [0.3, 0.4) is 0 Å². The fraction of sp³-hybridized carbons (Fsp3) is 0.714. The summed E-state index contributed by atoms with van der Waals surface area (Å²) in [5.74, 6) is 0.704. The maximum Gasteiger partial charge on any atom is 0.00799 e. The highest BCUT2D eigenvalue weighted by Gasteiger charge is 2.11. The molecule has 2 heteroatoms. The second-order valence-corrected chi connectivity index (χ2v) is 5.55. The van der Waals surface area contributed by atoms with Gasteiger partial charge in [0.25, 0.3) is 0 Å². The lowest BCUT2D eigenvalue weighted by Crippen LogP contribution is -2.11. The first-order chi connectivity index (χ1) is 7.79. The van der Waals surface area contributed by atoms with Gasteiger partial charge in [0.15, 0.2) is 0 Å². The van der Waals surface area contributed by atoms with Gasteiger partial charge < -0.3 is 5.32 Å². The molecular weight excluding hydrogens is 214 g/mol. The lowest BCUT2D eigenvalue weighted by molar-refractivity contribution is 0.630. The van der Waals surface area contributed by atoms with Gasteiger partial charge in [-0.25, -0.2) is 0 Å². The van der Waals surface area contributed by atoms with Crippen LogP contribution in [0.25, 0.3) is 0 Å². The van der Waals surface area contributed by atoms with Crippen LogP contribution < -0.4 is 5.32 Å². The van der Waals surface area contributed by atoms with Crippen LogP contribution in [0.2, 0.25) is 0 Å². The van der Waals surface area contributed by atoms with E-state index in [1.165, 1.54) is 32.1 Å². The highest BCUT2D eigenvalue weighted by atomic mass is 32.1. The van der Waals surface area contributed by atoms with E-state index in [-0.39, 0.29) is 0 Å². The van der Waals surface area contributed by atoms with E-state index in [1.54, 1.807) is 10.4 Å². The zero-order chi connectivity index (χ0) is 11.8. The number of thiophene rings is 1. The molecule has 16 heavy (non-hydrogen) atoms. The molecule has 0 radical (unpaired) electrons. The third-order valence-corrected chi connectivity index (χ3v) is 4.14. The maximum absolute atomic E-state index is 3.24. The molecule has 0 aliphatic heterocycles. The van der Waals surface area contributed by atoms with Crippen LogP contribution in [0, 0.1) is 0 Å². The van der Waals surface area contributed by atoms with Crippen LogP contribution in [0.15, 0.2) is 11.4 Å². The Morgan fingerprint density at radius 2 is 2.19 bits per heavy atom. The van der Waals surface area contributed by atoms with Crippen molar-refractivity contribution in [3.05, 3.63) is 21.9 Å². The minimum atomic E-state index is 0.704. The molecule has 1 aromatic rings. The SMILES string of the molecule is CCCCCc1sccc1C(C)CCNC. The third-order valence-electron chi connectivity index (χ3n) is 3.15. The highest BCUT2D eigenvalue weighted by Crippen LogP contribution is 2.28. The molecule has 0 aromatic carbocycles. The molecule has 0 aliphatic carbocycles. The van der Waals surface area contributed by atoms with Gasteiger partial charge in [-0.3, -0.25) is 0 Å².